The first kappa shape index (κ1) is 26.2. The van der Waals surface area contributed by atoms with Gasteiger partial charge in [-0.3, -0.25) is 28.8 Å². The standard InChI is InChI=1S/C15H23N5O10/c16-6(3-9(17)21)13(27)18-5-10(22)19-8(4-12(25)26)14(28)20-7(15(29)30)1-2-11(23)24/h6-8H,1-5,16H2,(H2,17,21)(H,18,27)(H,19,22)(H,20,28)(H,23,24)(H,25,26)(H,29,30). The quantitative estimate of drug-likeness (QED) is 0.130. The highest BCUT2D eigenvalue weighted by molar-refractivity contribution is 5.95. The van der Waals surface area contributed by atoms with Crippen LogP contribution in [0.2, 0.25) is 0 Å². The van der Waals surface area contributed by atoms with E-state index in [9.17, 15) is 33.6 Å². The molecule has 0 fully saturated rings. The fourth-order valence-electron chi connectivity index (χ4n) is 2.03. The summed E-state index contributed by atoms with van der Waals surface area (Å²) in [5, 5.41) is 32.5. The van der Waals surface area contributed by atoms with Crippen LogP contribution in [0.4, 0.5) is 0 Å². The Morgan fingerprint density at radius 1 is 0.800 bits per heavy atom. The minimum Gasteiger partial charge on any atom is -0.481 e. The molecule has 0 aliphatic rings. The lowest BCUT2D eigenvalue weighted by molar-refractivity contribution is -0.144. The maximum atomic E-state index is 12.2. The molecule has 0 aromatic heterocycles. The summed E-state index contributed by atoms with van der Waals surface area (Å²) in [6.07, 6.45) is -2.45. The largest absolute Gasteiger partial charge is 0.481 e. The van der Waals surface area contributed by atoms with Crippen molar-refractivity contribution in [2.45, 2.75) is 43.8 Å². The van der Waals surface area contributed by atoms with E-state index in [1.807, 2.05) is 10.6 Å². The molecule has 0 spiro atoms. The molecule has 15 nitrogen and oxygen atoms in total. The Labute approximate surface area is 169 Å². The minimum atomic E-state index is -1.71. The summed E-state index contributed by atoms with van der Waals surface area (Å²) in [6.45, 7) is -0.726. The number of carbonyl (C=O) groups is 7. The average Bonchev–Trinajstić information content (AvgIpc) is 2.60. The van der Waals surface area contributed by atoms with E-state index in [1.165, 1.54) is 0 Å². The van der Waals surface area contributed by atoms with E-state index < -0.39 is 91.9 Å². The summed E-state index contributed by atoms with van der Waals surface area (Å²) in [4.78, 5) is 79.0. The molecule has 4 amide bonds. The van der Waals surface area contributed by atoms with Crippen LogP contribution in [0.25, 0.3) is 0 Å². The molecule has 0 aliphatic carbocycles. The van der Waals surface area contributed by atoms with Crippen molar-refractivity contribution in [2.24, 2.45) is 11.5 Å². The minimum absolute atomic E-state index is 0.474. The van der Waals surface area contributed by atoms with Gasteiger partial charge in [-0.05, 0) is 6.42 Å². The van der Waals surface area contributed by atoms with Gasteiger partial charge in [-0.25, -0.2) is 4.79 Å². The third-order valence-corrected chi connectivity index (χ3v) is 3.47. The van der Waals surface area contributed by atoms with Crippen LogP contribution >= 0.6 is 0 Å². The van der Waals surface area contributed by atoms with E-state index in [1.54, 1.807) is 0 Å². The number of aliphatic carboxylic acids is 3. The third-order valence-electron chi connectivity index (χ3n) is 3.47. The molecule has 168 valence electrons. The SMILES string of the molecule is NC(=O)CC(N)C(=O)NCC(=O)NC(CC(=O)O)C(=O)NC(CCC(=O)O)C(=O)O. The fourth-order valence-corrected chi connectivity index (χ4v) is 2.03. The number of amides is 4. The molecule has 0 aromatic rings. The highest BCUT2D eigenvalue weighted by Gasteiger charge is 2.29. The zero-order valence-electron chi connectivity index (χ0n) is 15.6. The van der Waals surface area contributed by atoms with E-state index in [0.717, 1.165) is 0 Å². The lowest BCUT2D eigenvalue weighted by Crippen LogP contribution is -2.54. The van der Waals surface area contributed by atoms with Crippen molar-refractivity contribution in [3.8, 4) is 0 Å². The lowest BCUT2D eigenvalue weighted by atomic mass is 10.1. The first-order valence-corrected chi connectivity index (χ1v) is 8.41. The van der Waals surface area contributed by atoms with Crippen molar-refractivity contribution < 1.29 is 48.9 Å². The smallest absolute Gasteiger partial charge is 0.326 e. The van der Waals surface area contributed by atoms with E-state index >= 15 is 0 Å². The summed E-state index contributed by atoms with van der Waals surface area (Å²) >= 11 is 0. The van der Waals surface area contributed by atoms with Gasteiger partial charge >= 0.3 is 17.9 Å². The number of carboxylic acid groups (broad SMARTS) is 3. The number of rotatable bonds is 14. The summed E-state index contributed by atoms with van der Waals surface area (Å²) in [6, 6.07) is -4.66. The Balaban J connectivity index is 4.94. The van der Waals surface area contributed by atoms with Gasteiger partial charge in [0.2, 0.25) is 23.6 Å². The van der Waals surface area contributed by atoms with E-state index in [2.05, 4.69) is 5.32 Å². The third kappa shape index (κ3) is 11.2. The number of carbonyl (C=O) groups excluding carboxylic acids is 4. The Bertz CT molecular complexity index is 710. The molecule has 0 heterocycles. The van der Waals surface area contributed by atoms with E-state index in [-0.39, 0.29) is 0 Å². The second kappa shape index (κ2) is 12.7. The van der Waals surface area contributed by atoms with Crippen molar-refractivity contribution in [1.29, 1.82) is 0 Å². The molecule has 0 aromatic carbocycles. The molecule has 0 bridgehead atoms. The Morgan fingerprint density at radius 2 is 1.40 bits per heavy atom. The Hall–Kier alpha value is -3.75. The van der Waals surface area contributed by atoms with Gasteiger partial charge in [-0.1, -0.05) is 0 Å². The van der Waals surface area contributed by atoms with Crippen LogP contribution in [-0.4, -0.2) is 81.5 Å². The molecule has 0 radical (unpaired) electrons. The van der Waals surface area contributed by atoms with Crippen LogP contribution in [-0.2, 0) is 33.6 Å². The molecule has 0 saturated heterocycles. The summed E-state index contributed by atoms with van der Waals surface area (Å²) in [5.41, 5.74) is 10.2. The fraction of sp³-hybridized carbons (Fsp3) is 0.533. The number of hydrogen-bond acceptors (Lipinski definition) is 8. The number of carboxylic acids is 3. The number of nitrogens with one attached hydrogen (secondary N) is 3. The molecule has 3 unspecified atom stereocenters. The van der Waals surface area contributed by atoms with Gasteiger partial charge in [-0.2, -0.15) is 0 Å². The first-order chi connectivity index (χ1) is 13.8. The van der Waals surface area contributed by atoms with Crippen LogP contribution in [0, 0.1) is 0 Å². The van der Waals surface area contributed by atoms with Gasteiger partial charge in [0.15, 0.2) is 0 Å². The van der Waals surface area contributed by atoms with Crippen molar-refractivity contribution in [2.75, 3.05) is 6.54 Å². The molecule has 0 saturated carbocycles. The average molecular weight is 433 g/mol. The van der Waals surface area contributed by atoms with Gasteiger partial charge in [-0.15, -0.1) is 0 Å². The molecule has 15 heteroatoms. The van der Waals surface area contributed by atoms with Gasteiger partial charge in [0.25, 0.3) is 0 Å². The zero-order valence-corrected chi connectivity index (χ0v) is 15.6. The summed E-state index contributed by atoms with van der Waals surface area (Å²) in [7, 11) is 0. The van der Waals surface area contributed by atoms with Crippen LogP contribution in [0.3, 0.4) is 0 Å². The molecule has 3 atom stereocenters. The maximum absolute atomic E-state index is 12.2. The van der Waals surface area contributed by atoms with Crippen LogP contribution in [0.5, 0.6) is 0 Å². The Kier molecular flexibility index (Phi) is 11.1. The van der Waals surface area contributed by atoms with Crippen LogP contribution < -0.4 is 27.4 Å². The molecule has 10 N–H and O–H groups in total. The lowest BCUT2D eigenvalue weighted by Gasteiger charge is -2.20. The summed E-state index contributed by atoms with van der Waals surface area (Å²) in [5.74, 6) is -8.30. The summed E-state index contributed by atoms with van der Waals surface area (Å²) < 4.78 is 0. The highest BCUT2D eigenvalue weighted by atomic mass is 16.4. The maximum Gasteiger partial charge on any atom is 0.326 e. The van der Waals surface area contributed by atoms with Gasteiger partial charge in [0.1, 0.15) is 12.1 Å². The highest BCUT2D eigenvalue weighted by Crippen LogP contribution is 2.01. The van der Waals surface area contributed by atoms with Gasteiger partial charge < -0.3 is 42.7 Å². The number of hydrogen-bond donors (Lipinski definition) is 8. The molecular formula is C15H23N5O10. The van der Waals surface area contributed by atoms with Crippen molar-refractivity contribution in [3.63, 3.8) is 0 Å². The molecule has 30 heavy (non-hydrogen) atoms. The second-order valence-corrected chi connectivity index (χ2v) is 6.04. The predicted octanol–water partition coefficient (Wildman–Crippen LogP) is -4.30. The van der Waals surface area contributed by atoms with Crippen LogP contribution in [0.1, 0.15) is 25.7 Å². The molecular weight excluding hydrogens is 410 g/mol. The number of primary amides is 1. The second-order valence-electron chi connectivity index (χ2n) is 6.04. The first-order valence-electron chi connectivity index (χ1n) is 8.41. The van der Waals surface area contributed by atoms with E-state index in [0.29, 0.717) is 0 Å². The normalized spacial score (nSPS) is 13.2. The van der Waals surface area contributed by atoms with Gasteiger partial charge in [0.05, 0.1) is 25.4 Å². The Morgan fingerprint density at radius 3 is 1.87 bits per heavy atom. The molecule has 0 aliphatic heterocycles. The van der Waals surface area contributed by atoms with Crippen molar-refractivity contribution in [3.05, 3.63) is 0 Å². The predicted molar refractivity (Wildman–Crippen MR) is 95.4 cm³/mol. The van der Waals surface area contributed by atoms with Crippen LogP contribution in [0.15, 0.2) is 0 Å². The zero-order chi connectivity index (χ0) is 23.4. The van der Waals surface area contributed by atoms with Crippen molar-refractivity contribution >= 4 is 41.5 Å². The van der Waals surface area contributed by atoms with Crippen molar-refractivity contribution in [1.82, 2.24) is 16.0 Å². The topological polar surface area (TPSA) is 268 Å². The monoisotopic (exact) mass is 433 g/mol. The van der Waals surface area contributed by atoms with E-state index in [4.69, 9.17) is 26.8 Å². The number of nitrogens with two attached hydrogens (primary N) is 2. The van der Waals surface area contributed by atoms with Gasteiger partial charge in [0, 0.05) is 6.42 Å². The molecule has 0 rings (SSSR count).